The summed E-state index contributed by atoms with van der Waals surface area (Å²) in [6, 6.07) is 4.94. The molecule has 0 unspecified atom stereocenters. The van der Waals surface area contributed by atoms with Crippen LogP contribution >= 0.6 is 0 Å². The van der Waals surface area contributed by atoms with Crippen molar-refractivity contribution in [1.82, 2.24) is 5.32 Å². The largest absolute Gasteiger partial charge is 0.452 e. The highest BCUT2D eigenvalue weighted by molar-refractivity contribution is 5.96. The molecule has 1 heterocycles. The van der Waals surface area contributed by atoms with Crippen molar-refractivity contribution in [3.63, 3.8) is 0 Å². The molecular weight excluding hydrogens is 260 g/mol. The molecule has 106 valence electrons. The second kappa shape index (κ2) is 6.18. The summed E-state index contributed by atoms with van der Waals surface area (Å²) in [4.78, 5) is 34.3. The van der Waals surface area contributed by atoms with Crippen molar-refractivity contribution < 1.29 is 19.1 Å². The lowest BCUT2D eigenvalue weighted by Gasteiger charge is -2.17. The van der Waals surface area contributed by atoms with Crippen LogP contribution in [0.3, 0.4) is 0 Å². The highest BCUT2D eigenvalue weighted by atomic mass is 16.5. The lowest BCUT2D eigenvalue weighted by molar-refractivity contribution is -0.124. The van der Waals surface area contributed by atoms with Crippen molar-refractivity contribution in [3.05, 3.63) is 29.3 Å². The van der Waals surface area contributed by atoms with Crippen LogP contribution in [0.5, 0.6) is 0 Å². The highest BCUT2D eigenvalue weighted by Gasteiger charge is 2.17. The molecule has 1 aromatic rings. The van der Waals surface area contributed by atoms with E-state index in [0.29, 0.717) is 24.9 Å². The average Bonchev–Trinajstić information content (AvgIpc) is 2.44. The molecule has 20 heavy (non-hydrogen) atoms. The van der Waals surface area contributed by atoms with Crippen molar-refractivity contribution in [2.45, 2.75) is 19.8 Å². The Morgan fingerprint density at radius 3 is 2.90 bits per heavy atom. The number of anilines is 1. The maximum atomic E-state index is 11.8. The Morgan fingerprint density at radius 2 is 2.15 bits per heavy atom. The summed E-state index contributed by atoms with van der Waals surface area (Å²) >= 11 is 0. The number of esters is 1. The number of hydrogen-bond acceptors (Lipinski definition) is 4. The molecule has 2 N–H and O–H groups in total. The van der Waals surface area contributed by atoms with Gasteiger partial charge in [0.15, 0.2) is 6.61 Å². The number of amides is 2. The minimum absolute atomic E-state index is 0.0240. The van der Waals surface area contributed by atoms with Gasteiger partial charge in [-0.3, -0.25) is 9.59 Å². The van der Waals surface area contributed by atoms with Gasteiger partial charge >= 0.3 is 5.97 Å². The van der Waals surface area contributed by atoms with Crippen LogP contribution in [0, 0.1) is 0 Å². The molecule has 6 heteroatoms. The maximum Gasteiger partial charge on any atom is 0.338 e. The van der Waals surface area contributed by atoms with Crippen LogP contribution in [0.1, 0.15) is 29.3 Å². The van der Waals surface area contributed by atoms with E-state index >= 15 is 0 Å². The minimum Gasteiger partial charge on any atom is -0.452 e. The van der Waals surface area contributed by atoms with E-state index < -0.39 is 5.97 Å². The minimum atomic E-state index is -0.545. The third-order valence-corrected chi connectivity index (χ3v) is 2.94. The van der Waals surface area contributed by atoms with E-state index in [4.69, 9.17) is 4.74 Å². The summed E-state index contributed by atoms with van der Waals surface area (Å²) in [5.74, 6) is -0.897. The van der Waals surface area contributed by atoms with Gasteiger partial charge in [-0.1, -0.05) is 0 Å². The normalized spacial score (nSPS) is 13.2. The molecule has 0 saturated heterocycles. The van der Waals surface area contributed by atoms with Gasteiger partial charge in [0.1, 0.15) is 0 Å². The topological polar surface area (TPSA) is 84.5 Å². The molecule has 0 aromatic heterocycles. The summed E-state index contributed by atoms with van der Waals surface area (Å²) in [5.41, 5.74) is 2.00. The van der Waals surface area contributed by atoms with Gasteiger partial charge in [-0.15, -0.1) is 0 Å². The second-order valence-electron chi connectivity index (χ2n) is 4.45. The molecule has 1 aliphatic rings. The smallest absolute Gasteiger partial charge is 0.338 e. The fourth-order valence-corrected chi connectivity index (χ4v) is 1.97. The molecule has 0 fully saturated rings. The van der Waals surface area contributed by atoms with Gasteiger partial charge in [-0.25, -0.2) is 4.79 Å². The SMILES string of the molecule is CCNC(=O)COC(=O)c1ccc2c(c1)CCC(=O)N2. The standard InChI is InChI=1S/C14H16N2O4/c1-2-15-13(18)8-20-14(19)10-3-5-11-9(7-10)4-6-12(17)16-11/h3,5,7H,2,4,6,8H2,1H3,(H,15,18)(H,16,17). The number of hydrogen-bond donors (Lipinski definition) is 2. The molecule has 0 atom stereocenters. The first-order valence-electron chi connectivity index (χ1n) is 6.46. The maximum absolute atomic E-state index is 11.8. The average molecular weight is 276 g/mol. The van der Waals surface area contributed by atoms with E-state index in [-0.39, 0.29) is 18.4 Å². The molecule has 0 saturated carbocycles. The zero-order valence-corrected chi connectivity index (χ0v) is 11.2. The van der Waals surface area contributed by atoms with E-state index in [1.54, 1.807) is 25.1 Å². The number of rotatable bonds is 4. The summed E-state index contributed by atoms with van der Waals surface area (Å²) in [5, 5.41) is 5.28. The first-order chi connectivity index (χ1) is 9.60. The Balaban J connectivity index is 2.00. The number of benzene rings is 1. The van der Waals surface area contributed by atoms with Crippen molar-refractivity contribution in [2.24, 2.45) is 0 Å². The number of carbonyl (C=O) groups excluding carboxylic acids is 3. The van der Waals surface area contributed by atoms with Gasteiger partial charge in [-0.2, -0.15) is 0 Å². The zero-order chi connectivity index (χ0) is 14.5. The van der Waals surface area contributed by atoms with Gasteiger partial charge < -0.3 is 15.4 Å². The van der Waals surface area contributed by atoms with Crippen LogP contribution in [0.2, 0.25) is 0 Å². The molecule has 1 aliphatic heterocycles. The fraction of sp³-hybridized carbons (Fsp3) is 0.357. The van der Waals surface area contributed by atoms with Crippen LogP contribution in [0.15, 0.2) is 18.2 Å². The Bertz CT molecular complexity index is 554. The molecule has 0 radical (unpaired) electrons. The summed E-state index contributed by atoms with van der Waals surface area (Å²) < 4.78 is 4.92. The molecule has 1 aromatic carbocycles. The first kappa shape index (κ1) is 14.0. The number of ether oxygens (including phenoxy) is 1. The van der Waals surface area contributed by atoms with Gasteiger partial charge in [-0.05, 0) is 37.1 Å². The molecule has 0 aliphatic carbocycles. The highest BCUT2D eigenvalue weighted by Crippen LogP contribution is 2.23. The number of fused-ring (bicyclic) bond motifs is 1. The third-order valence-electron chi connectivity index (χ3n) is 2.94. The summed E-state index contributed by atoms with van der Waals surface area (Å²) in [6.07, 6.45) is 1.00. The third kappa shape index (κ3) is 3.34. The summed E-state index contributed by atoms with van der Waals surface area (Å²) in [7, 11) is 0. The van der Waals surface area contributed by atoms with Gasteiger partial charge in [0.2, 0.25) is 5.91 Å². The molecule has 0 bridgehead atoms. The second-order valence-corrected chi connectivity index (χ2v) is 4.45. The number of carbonyl (C=O) groups is 3. The van der Waals surface area contributed by atoms with Gasteiger partial charge in [0.25, 0.3) is 5.91 Å². The summed E-state index contributed by atoms with van der Waals surface area (Å²) in [6.45, 7) is 1.99. The Morgan fingerprint density at radius 1 is 1.35 bits per heavy atom. The van der Waals surface area contributed by atoms with E-state index in [9.17, 15) is 14.4 Å². The van der Waals surface area contributed by atoms with E-state index in [2.05, 4.69) is 10.6 Å². The lowest BCUT2D eigenvalue weighted by atomic mass is 10.0. The van der Waals surface area contributed by atoms with E-state index in [1.165, 1.54) is 0 Å². The first-order valence-corrected chi connectivity index (χ1v) is 6.46. The lowest BCUT2D eigenvalue weighted by Crippen LogP contribution is -2.28. The van der Waals surface area contributed by atoms with Crippen LogP contribution in [-0.4, -0.2) is 30.9 Å². The fourth-order valence-electron chi connectivity index (χ4n) is 1.97. The Hall–Kier alpha value is -2.37. The molecular formula is C14H16N2O4. The predicted molar refractivity (Wildman–Crippen MR) is 72.4 cm³/mol. The number of likely N-dealkylation sites (N-methyl/N-ethyl adjacent to an activating group) is 1. The van der Waals surface area contributed by atoms with Gasteiger partial charge in [0.05, 0.1) is 5.56 Å². The number of nitrogens with one attached hydrogen (secondary N) is 2. The molecule has 2 rings (SSSR count). The Kier molecular flexibility index (Phi) is 4.34. The zero-order valence-electron chi connectivity index (χ0n) is 11.2. The van der Waals surface area contributed by atoms with Crippen LogP contribution in [0.4, 0.5) is 5.69 Å². The van der Waals surface area contributed by atoms with E-state index in [1.807, 2.05) is 0 Å². The Labute approximate surface area is 116 Å². The molecule has 6 nitrogen and oxygen atoms in total. The van der Waals surface area contributed by atoms with Crippen LogP contribution < -0.4 is 10.6 Å². The van der Waals surface area contributed by atoms with Crippen LogP contribution in [0.25, 0.3) is 0 Å². The van der Waals surface area contributed by atoms with Crippen molar-refractivity contribution in [3.8, 4) is 0 Å². The van der Waals surface area contributed by atoms with Crippen molar-refractivity contribution in [2.75, 3.05) is 18.5 Å². The van der Waals surface area contributed by atoms with Gasteiger partial charge in [0, 0.05) is 18.7 Å². The van der Waals surface area contributed by atoms with E-state index in [0.717, 1.165) is 11.3 Å². The van der Waals surface area contributed by atoms with Crippen molar-refractivity contribution >= 4 is 23.5 Å². The molecule has 2 amide bonds. The monoisotopic (exact) mass is 276 g/mol. The molecule has 0 spiro atoms. The van der Waals surface area contributed by atoms with Crippen molar-refractivity contribution in [1.29, 1.82) is 0 Å². The van der Waals surface area contributed by atoms with Crippen LogP contribution in [-0.2, 0) is 20.7 Å². The number of aryl methyl sites for hydroxylation is 1. The quantitative estimate of drug-likeness (QED) is 0.799. The predicted octanol–water partition coefficient (Wildman–Crippen LogP) is 0.864.